The van der Waals surface area contributed by atoms with Gasteiger partial charge in [0.15, 0.2) is 5.82 Å². The van der Waals surface area contributed by atoms with Crippen LogP contribution in [0.2, 0.25) is 5.15 Å². The van der Waals surface area contributed by atoms with Gasteiger partial charge in [-0.05, 0) is 55.2 Å². The molecule has 0 bridgehead atoms. The highest BCUT2D eigenvalue weighted by Crippen LogP contribution is 2.32. The van der Waals surface area contributed by atoms with Crippen molar-refractivity contribution in [2.75, 3.05) is 0 Å². The van der Waals surface area contributed by atoms with Crippen LogP contribution in [-0.2, 0) is 0 Å². The molecule has 7 rings (SSSR count). The summed E-state index contributed by atoms with van der Waals surface area (Å²) in [7, 11) is 0. The Bertz CT molecular complexity index is 1790. The van der Waals surface area contributed by atoms with Crippen LogP contribution in [0.15, 0.2) is 115 Å². The number of nitrogens with zero attached hydrogens (tertiary/aromatic N) is 2. The van der Waals surface area contributed by atoms with Crippen molar-refractivity contribution in [2.24, 2.45) is 0 Å². The van der Waals surface area contributed by atoms with Crippen molar-refractivity contribution in [1.29, 1.82) is 0 Å². The lowest BCUT2D eigenvalue weighted by Gasteiger charge is -2.10. The maximum absolute atomic E-state index is 6.49. The molecule has 164 valence electrons. The Morgan fingerprint density at radius 1 is 0.429 bits per heavy atom. The monoisotopic (exact) mass is 466 g/mol. The average molecular weight is 467 g/mol. The first kappa shape index (κ1) is 20.1. The number of aromatic nitrogens is 2. The second kappa shape index (κ2) is 7.90. The predicted octanol–water partition coefficient (Wildman–Crippen LogP) is 9.08. The molecule has 0 spiro atoms. The van der Waals surface area contributed by atoms with Crippen molar-refractivity contribution in [2.45, 2.75) is 0 Å². The van der Waals surface area contributed by atoms with E-state index in [4.69, 9.17) is 16.6 Å². The van der Waals surface area contributed by atoms with Crippen LogP contribution in [0.3, 0.4) is 0 Å². The van der Waals surface area contributed by atoms with Crippen LogP contribution in [0.4, 0.5) is 0 Å². The number of halogens is 1. The molecule has 0 aliphatic rings. The van der Waals surface area contributed by atoms with E-state index in [1.165, 1.54) is 37.7 Å². The fraction of sp³-hybridized carbons (Fsp3) is 0. The summed E-state index contributed by atoms with van der Waals surface area (Å²) in [5.41, 5.74) is 2.78. The number of fused-ring (bicyclic) bond motifs is 6. The van der Waals surface area contributed by atoms with E-state index in [9.17, 15) is 0 Å². The zero-order valence-corrected chi connectivity index (χ0v) is 19.5. The molecule has 0 saturated carbocycles. The largest absolute Gasteiger partial charge is 0.228 e. The first-order valence-electron chi connectivity index (χ1n) is 11.6. The second-order valence-electron chi connectivity index (χ2n) is 8.84. The smallest absolute Gasteiger partial charge is 0.161 e. The van der Waals surface area contributed by atoms with Crippen molar-refractivity contribution in [1.82, 2.24) is 9.97 Å². The van der Waals surface area contributed by atoms with Gasteiger partial charge in [-0.3, -0.25) is 0 Å². The first-order chi connectivity index (χ1) is 17.2. The highest BCUT2D eigenvalue weighted by Gasteiger charge is 2.11. The summed E-state index contributed by atoms with van der Waals surface area (Å²) in [6.45, 7) is 0. The van der Waals surface area contributed by atoms with E-state index in [1.807, 2.05) is 6.07 Å². The van der Waals surface area contributed by atoms with Gasteiger partial charge in [0.25, 0.3) is 0 Å². The van der Waals surface area contributed by atoms with E-state index in [1.54, 1.807) is 0 Å². The van der Waals surface area contributed by atoms with Crippen LogP contribution in [0.5, 0.6) is 0 Å². The lowest BCUT2D eigenvalue weighted by molar-refractivity contribution is 1.18. The third-order valence-corrected chi connectivity index (χ3v) is 6.93. The molecule has 0 saturated heterocycles. The van der Waals surface area contributed by atoms with E-state index in [2.05, 4.69) is 114 Å². The molecule has 35 heavy (non-hydrogen) atoms. The molecular formula is C32H19ClN2. The van der Waals surface area contributed by atoms with Gasteiger partial charge in [0.1, 0.15) is 5.15 Å². The van der Waals surface area contributed by atoms with Crippen LogP contribution in [0.25, 0.3) is 65.7 Å². The number of hydrogen-bond acceptors (Lipinski definition) is 2. The van der Waals surface area contributed by atoms with E-state index < -0.39 is 0 Å². The normalized spacial score (nSPS) is 11.6. The van der Waals surface area contributed by atoms with Crippen molar-refractivity contribution in [3.63, 3.8) is 0 Å². The standard InChI is InChI=1S/C32H19ClN2/c33-31-19-30(24-13-15-28-22(17-24)11-9-20-5-1-3-7-26(20)28)34-32(35-31)25-14-16-29-23(18-25)12-10-21-6-2-4-8-27(21)29/h1-19H. The van der Waals surface area contributed by atoms with Crippen molar-refractivity contribution >= 4 is 54.7 Å². The Labute approximate surface area is 207 Å². The van der Waals surface area contributed by atoms with Crippen LogP contribution in [0, 0.1) is 0 Å². The second-order valence-corrected chi connectivity index (χ2v) is 9.23. The van der Waals surface area contributed by atoms with Crippen molar-refractivity contribution < 1.29 is 0 Å². The molecule has 0 fully saturated rings. The Balaban J connectivity index is 1.35. The van der Waals surface area contributed by atoms with Crippen LogP contribution < -0.4 is 0 Å². The van der Waals surface area contributed by atoms with Gasteiger partial charge in [-0.15, -0.1) is 0 Å². The molecule has 6 aromatic carbocycles. The minimum Gasteiger partial charge on any atom is -0.228 e. The minimum absolute atomic E-state index is 0.433. The summed E-state index contributed by atoms with van der Waals surface area (Å²) in [5.74, 6) is 0.626. The van der Waals surface area contributed by atoms with Gasteiger partial charge in [0, 0.05) is 17.2 Å². The SMILES string of the molecule is Clc1cc(-c2ccc3c(ccc4ccccc43)c2)nc(-c2ccc3c(ccc4ccccc43)c2)n1. The summed E-state index contributed by atoms with van der Waals surface area (Å²) < 4.78 is 0. The molecule has 0 N–H and O–H groups in total. The molecule has 0 amide bonds. The summed E-state index contributed by atoms with van der Waals surface area (Å²) >= 11 is 6.49. The van der Waals surface area contributed by atoms with Crippen LogP contribution in [0.1, 0.15) is 0 Å². The van der Waals surface area contributed by atoms with Gasteiger partial charge in [-0.1, -0.05) is 109 Å². The highest BCUT2D eigenvalue weighted by atomic mass is 35.5. The predicted molar refractivity (Wildman–Crippen MR) is 148 cm³/mol. The third kappa shape index (κ3) is 3.42. The molecule has 2 nitrogen and oxygen atoms in total. The van der Waals surface area contributed by atoms with Gasteiger partial charge in [-0.25, -0.2) is 9.97 Å². The zero-order valence-electron chi connectivity index (χ0n) is 18.7. The number of hydrogen-bond donors (Lipinski definition) is 0. The molecule has 1 heterocycles. The van der Waals surface area contributed by atoms with E-state index in [-0.39, 0.29) is 0 Å². The molecule has 0 radical (unpaired) electrons. The summed E-state index contributed by atoms with van der Waals surface area (Å²) in [6, 6.07) is 40.2. The fourth-order valence-electron chi connectivity index (χ4n) is 5.02. The van der Waals surface area contributed by atoms with E-state index >= 15 is 0 Å². The van der Waals surface area contributed by atoms with Crippen molar-refractivity contribution in [3.8, 4) is 22.6 Å². The topological polar surface area (TPSA) is 25.8 Å². The van der Waals surface area contributed by atoms with Gasteiger partial charge in [0.2, 0.25) is 0 Å². The Morgan fingerprint density at radius 3 is 1.60 bits per heavy atom. The quantitative estimate of drug-likeness (QED) is 0.187. The van der Waals surface area contributed by atoms with E-state index in [0.29, 0.717) is 11.0 Å². The minimum atomic E-state index is 0.433. The van der Waals surface area contributed by atoms with Crippen LogP contribution >= 0.6 is 11.6 Å². The van der Waals surface area contributed by atoms with Gasteiger partial charge < -0.3 is 0 Å². The lowest BCUT2D eigenvalue weighted by atomic mass is 9.99. The van der Waals surface area contributed by atoms with Crippen LogP contribution in [-0.4, -0.2) is 9.97 Å². The molecule has 7 aromatic rings. The molecule has 0 aliphatic heterocycles. The number of rotatable bonds is 2. The zero-order chi connectivity index (χ0) is 23.4. The van der Waals surface area contributed by atoms with Gasteiger partial charge in [0.05, 0.1) is 5.69 Å². The Kier molecular flexibility index (Phi) is 4.54. The molecule has 0 unspecified atom stereocenters. The average Bonchev–Trinajstić information content (AvgIpc) is 2.92. The molecule has 0 aliphatic carbocycles. The van der Waals surface area contributed by atoms with Crippen molar-refractivity contribution in [3.05, 3.63) is 120 Å². The number of benzene rings is 6. The molecule has 1 aromatic heterocycles. The van der Waals surface area contributed by atoms with Gasteiger partial charge in [-0.2, -0.15) is 0 Å². The molecular weight excluding hydrogens is 448 g/mol. The summed E-state index contributed by atoms with van der Waals surface area (Å²) in [6.07, 6.45) is 0. The lowest BCUT2D eigenvalue weighted by Crippen LogP contribution is -1.93. The maximum atomic E-state index is 6.49. The maximum Gasteiger partial charge on any atom is 0.161 e. The van der Waals surface area contributed by atoms with E-state index in [0.717, 1.165) is 22.2 Å². The molecule has 3 heteroatoms. The summed E-state index contributed by atoms with van der Waals surface area (Å²) in [5, 5.41) is 10.2. The highest BCUT2D eigenvalue weighted by molar-refractivity contribution is 6.29. The summed E-state index contributed by atoms with van der Waals surface area (Å²) in [4.78, 5) is 9.47. The van der Waals surface area contributed by atoms with Gasteiger partial charge >= 0.3 is 0 Å². The molecule has 0 atom stereocenters. The first-order valence-corrected chi connectivity index (χ1v) is 12.0. The third-order valence-electron chi connectivity index (χ3n) is 6.74. The Morgan fingerprint density at radius 2 is 0.943 bits per heavy atom. The Hall–Kier alpha value is -4.27. The fourth-order valence-corrected chi connectivity index (χ4v) is 5.20.